The molecule has 5 nitrogen and oxygen atoms in total. The molecule has 0 aromatic heterocycles. The van der Waals surface area contributed by atoms with E-state index in [1.165, 1.54) is 43.2 Å². The molecule has 0 bridgehead atoms. The van der Waals surface area contributed by atoms with E-state index in [0.29, 0.717) is 17.0 Å². The molecule has 0 radical (unpaired) electrons. The molecule has 1 N–H and O–H groups in total. The molecule has 3 rings (SSSR count). The van der Waals surface area contributed by atoms with Crippen molar-refractivity contribution in [3.05, 3.63) is 71.2 Å². The second-order valence-corrected chi connectivity index (χ2v) is 5.65. The van der Waals surface area contributed by atoms with Crippen LogP contribution in [0.3, 0.4) is 0 Å². The standard InChI is InChI=1S/C19H16FNO4/c1-11(22)16-17(12-3-9-15(25-2)10-4-12)21(19(24)18(16)23)14-7-5-13(20)6-8-14/h3-10,17,23H,1-2H3/t17-/m0/s1. The highest BCUT2D eigenvalue weighted by atomic mass is 19.1. The SMILES string of the molecule is COc1ccc([C@H]2C(C(C)=O)=C(O)C(=O)N2c2ccc(F)cc2)cc1. The van der Waals surface area contributed by atoms with Crippen LogP contribution in [0.1, 0.15) is 18.5 Å². The van der Waals surface area contributed by atoms with Crippen molar-refractivity contribution in [3.8, 4) is 5.75 Å². The molecule has 2 aromatic rings. The fourth-order valence-corrected chi connectivity index (χ4v) is 2.93. The van der Waals surface area contributed by atoms with Crippen LogP contribution in [0.25, 0.3) is 0 Å². The minimum atomic E-state index is -0.790. The predicted molar refractivity (Wildman–Crippen MR) is 90.0 cm³/mol. The van der Waals surface area contributed by atoms with E-state index in [9.17, 15) is 19.1 Å². The van der Waals surface area contributed by atoms with Gasteiger partial charge in [0.05, 0.1) is 18.7 Å². The average Bonchev–Trinajstić information content (AvgIpc) is 2.87. The van der Waals surface area contributed by atoms with E-state index >= 15 is 0 Å². The number of hydrogen-bond acceptors (Lipinski definition) is 4. The summed E-state index contributed by atoms with van der Waals surface area (Å²) in [4.78, 5) is 25.9. The van der Waals surface area contributed by atoms with Crippen molar-refractivity contribution < 1.29 is 23.8 Å². The Morgan fingerprint density at radius 2 is 1.72 bits per heavy atom. The van der Waals surface area contributed by atoms with Crippen molar-refractivity contribution in [2.75, 3.05) is 12.0 Å². The van der Waals surface area contributed by atoms with Crippen molar-refractivity contribution in [3.63, 3.8) is 0 Å². The molecule has 2 aromatic carbocycles. The molecule has 0 unspecified atom stereocenters. The van der Waals surface area contributed by atoms with E-state index in [2.05, 4.69) is 0 Å². The summed E-state index contributed by atoms with van der Waals surface area (Å²) in [6, 6.07) is 11.4. The zero-order valence-electron chi connectivity index (χ0n) is 13.7. The minimum Gasteiger partial charge on any atom is -0.503 e. The number of ketones is 1. The number of ether oxygens (including phenoxy) is 1. The van der Waals surface area contributed by atoms with Crippen molar-refractivity contribution in [2.45, 2.75) is 13.0 Å². The Labute approximate surface area is 144 Å². The third kappa shape index (κ3) is 2.87. The van der Waals surface area contributed by atoms with Crippen LogP contribution in [0.15, 0.2) is 59.9 Å². The summed E-state index contributed by atoms with van der Waals surface area (Å²) < 4.78 is 18.3. The Bertz CT molecular complexity index is 856. The van der Waals surface area contributed by atoms with Crippen molar-refractivity contribution in [2.24, 2.45) is 0 Å². The highest BCUT2D eigenvalue weighted by Crippen LogP contribution is 2.41. The monoisotopic (exact) mass is 341 g/mol. The zero-order chi connectivity index (χ0) is 18.1. The molecule has 1 atom stereocenters. The fraction of sp³-hybridized carbons (Fsp3) is 0.158. The van der Waals surface area contributed by atoms with Crippen LogP contribution in [-0.4, -0.2) is 23.9 Å². The summed E-state index contributed by atoms with van der Waals surface area (Å²) in [6.45, 7) is 1.30. The van der Waals surface area contributed by atoms with E-state index in [1.807, 2.05) is 0 Å². The van der Waals surface area contributed by atoms with Gasteiger partial charge in [-0.2, -0.15) is 0 Å². The van der Waals surface area contributed by atoms with E-state index < -0.39 is 29.3 Å². The number of aliphatic hydroxyl groups is 1. The van der Waals surface area contributed by atoms with Gasteiger partial charge in [0.15, 0.2) is 11.5 Å². The van der Waals surface area contributed by atoms with Crippen LogP contribution in [-0.2, 0) is 9.59 Å². The molecule has 0 aliphatic carbocycles. The van der Waals surface area contributed by atoms with Crippen LogP contribution in [0, 0.1) is 5.82 Å². The highest BCUT2D eigenvalue weighted by Gasteiger charge is 2.43. The fourth-order valence-electron chi connectivity index (χ4n) is 2.93. The van der Waals surface area contributed by atoms with Crippen LogP contribution in [0.5, 0.6) is 5.75 Å². The largest absolute Gasteiger partial charge is 0.503 e. The van der Waals surface area contributed by atoms with Gasteiger partial charge in [-0.05, 0) is 48.9 Å². The number of anilines is 1. The van der Waals surface area contributed by atoms with E-state index in [1.54, 1.807) is 24.3 Å². The Morgan fingerprint density at radius 1 is 1.12 bits per heavy atom. The first-order valence-electron chi connectivity index (χ1n) is 7.61. The van der Waals surface area contributed by atoms with Crippen LogP contribution < -0.4 is 9.64 Å². The Hall–Kier alpha value is -3.15. The minimum absolute atomic E-state index is 0.0134. The van der Waals surface area contributed by atoms with Crippen LogP contribution in [0.4, 0.5) is 10.1 Å². The molecular weight excluding hydrogens is 325 g/mol. The van der Waals surface area contributed by atoms with Crippen molar-refractivity contribution >= 4 is 17.4 Å². The van der Waals surface area contributed by atoms with E-state index in [0.717, 1.165) is 0 Å². The molecule has 128 valence electrons. The smallest absolute Gasteiger partial charge is 0.294 e. The molecule has 1 heterocycles. The number of methoxy groups -OCH3 is 1. The lowest BCUT2D eigenvalue weighted by Gasteiger charge is -2.26. The van der Waals surface area contributed by atoms with Crippen molar-refractivity contribution in [1.29, 1.82) is 0 Å². The second-order valence-electron chi connectivity index (χ2n) is 5.65. The Balaban J connectivity index is 2.13. The number of halogens is 1. The Kier molecular flexibility index (Phi) is 4.27. The normalized spacial score (nSPS) is 17.2. The van der Waals surface area contributed by atoms with E-state index in [4.69, 9.17) is 4.74 Å². The number of carbonyl (C=O) groups is 2. The maximum atomic E-state index is 13.2. The number of Topliss-reactive ketones (excluding diaryl/α,β-unsaturated/α-hetero) is 1. The second kappa shape index (κ2) is 6.39. The van der Waals surface area contributed by atoms with Gasteiger partial charge in [0.2, 0.25) is 0 Å². The molecule has 0 spiro atoms. The molecule has 1 aliphatic rings. The third-order valence-electron chi connectivity index (χ3n) is 4.12. The van der Waals surface area contributed by atoms with Gasteiger partial charge in [-0.3, -0.25) is 14.5 Å². The van der Waals surface area contributed by atoms with Crippen LogP contribution >= 0.6 is 0 Å². The lowest BCUT2D eigenvalue weighted by Crippen LogP contribution is -2.30. The molecule has 25 heavy (non-hydrogen) atoms. The number of carbonyl (C=O) groups excluding carboxylic acids is 2. The summed E-state index contributed by atoms with van der Waals surface area (Å²) in [5, 5.41) is 10.2. The molecule has 0 saturated carbocycles. The lowest BCUT2D eigenvalue weighted by atomic mass is 9.96. The molecule has 0 fully saturated rings. The lowest BCUT2D eigenvalue weighted by molar-refractivity contribution is -0.117. The van der Waals surface area contributed by atoms with Crippen LogP contribution in [0.2, 0.25) is 0 Å². The molecular formula is C19H16FNO4. The number of amides is 1. The van der Waals surface area contributed by atoms with Gasteiger partial charge in [-0.15, -0.1) is 0 Å². The number of benzene rings is 2. The highest BCUT2D eigenvalue weighted by molar-refractivity contribution is 6.16. The number of nitrogens with zero attached hydrogens (tertiary/aromatic N) is 1. The predicted octanol–water partition coefficient (Wildman–Crippen LogP) is 3.32. The number of rotatable bonds is 4. The van der Waals surface area contributed by atoms with Gasteiger partial charge >= 0.3 is 0 Å². The van der Waals surface area contributed by atoms with Crippen molar-refractivity contribution in [1.82, 2.24) is 0 Å². The first-order chi connectivity index (χ1) is 11.9. The topological polar surface area (TPSA) is 66.8 Å². The third-order valence-corrected chi connectivity index (χ3v) is 4.12. The average molecular weight is 341 g/mol. The zero-order valence-corrected chi connectivity index (χ0v) is 13.7. The van der Waals surface area contributed by atoms with Gasteiger partial charge in [-0.1, -0.05) is 12.1 Å². The molecule has 6 heteroatoms. The van der Waals surface area contributed by atoms with Gasteiger partial charge in [-0.25, -0.2) is 4.39 Å². The summed E-state index contributed by atoms with van der Waals surface area (Å²) in [5.74, 6) is -1.51. The first kappa shape index (κ1) is 16.7. The maximum Gasteiger partial charge on any atom is 0.294 e. The van der Waals surface area contributed by atoms with Gasteiger partial charge in [0.1, 0.15) is 11.6 Å². The summed E-state index contributed by atoms with van der Waals surface area (Å²) in [6.07, 6.45) is 0. The van der Waals surface area contributed by atoms with Gasteiger partial charge < -0.3 is 9.84 Å². The quantitative estimate of drug-likeness (QED) is 0.926. The summed E-state index contributed by atoms with van der Waals surface area (Å²) >= 11 is 0. The molecule has 1 amide bonds. The summed E-state index contributed by atoms with van der Waals surface area (Å²) in [5.41, 5.74) is 1.03. The number of aliphatic hydroxyl groups excluding tert-OH is 1. The van der Waals surface area contributed by atoms with Gasteiger partial charge in [0, 0.05) is 5.69 Å². The van der Waals surface area contributed by atoms with E-state index in [-0.39, 0.29) is 5.57 Å². The Morgan fingerprint density at radius 3 is 2.24 bits per heavy atom. The maximum absolute atomic E-state index is 13.2. The summed E-state index contributed by atoms with van der Waals surface area (Å²) in [7, 11) is 1.53. The molecule has 1 aliphatic heterocycles. The van der Waals surface area contributed by atoms with Gasteiger partial charge in [0.25, 0.3) is 5.91 Å². The molecule has 0 saturated heterocycles. The number of hydrogen-bond donors (Lipinski definition) is 1. The first-order valence-corrected chi connectivity index (χ1v) is 7.61.